The molecule has 0 aliphatic carbocycles. The monoisotopic (exact) mass is 393 g/mol. The molecule has 0 spiro atoms. The van der Waals surface area contributed by atoms with Crippen LogP contribution in [0.25, 0.3) is 6.08 Å². The maximum absolute atomic E-state index is 14.0. The van der Waals surface area contributed by atoms with Crippen LogP contribution in [0.3, 0.4) is 0 Å². The van der Waals surface area contributed by atoms with Crippen LogP contribution in [0.5, 0.6) is 0 Å². The van der Waals surface area contributed by atoms with Gasteiger partial charge < -0.3 is 0 Å². The van der Waals surface area contributed by atoms with Crippen molar-refractivity contribution < 1.29 is 9.18 Å². The van der Waals surface area contributed by atoms with Crippen molar-refractivity contribution in [2.75, 3.05) is 6.54 Å². The number of amides is 1. The van der Waals surface area contributed by atoms with Crippen LogP contribution in [0.4, 0.5) is 9.52 Å². The fourth-order valence-corrected chi connectivity index (χ4v) is 4.05. The highest BCUT2D eigenvalue weighted by molar-refractivity contribution is 8.18. The number of nitrogens with zero attached hydrogens (tertiary/aromatic N) is 3. The van der Waals surface area contributed by atoms with Gasteiger partial charge in [0.15, 0.2) is 5.17 Å². The number of aryl methyl sites for hydroxylation is 1. The topological polar surface area (TPSA) is 45.6 Å². The molecule has 1 saturated heterocycles. The Labute approximate surface area is 157 Å². The number of carbonyl (C=O) groups excluding carboxylic acids is 1. The first kappa shape index (κ1) is 17.8. The molecular formula is C17H13ClFN3OS2. The molecule has 0 saturated carbocycles. The first-order chi connectivity index (χ1) is 12.0. The van der Waals surface area contributed by atoms with Crippen molar-refractivity contribution in [1.82, 2.24) is 9.88 Å². The van der Waals surface area contributed by atoms with Gasteiger partial charge in [0.05, 0.1) is 15.6 Å². The van der Waals surface area contributed by atoms with Crippen LogP contribution in [0.15, 0.2) is 46.1 Å². The minimum atomic E-state index is -0.482. The van der Waals surface area contributed by atoms with Gasteiger partial charge in [-0.3, -0.25) is 9.69 Å². The fourth-order valence-electron chi connectivity index (χ4n) is 2.14. The molecule has 1 fully saturated rings. The van der Waals surface area contributed by atoms with E-state index in [2.05, 4.69) is 16.6 Å². The number of hydrogen-bond acceptors (Lipinski definition) is 5. The minimum Gasteiger partial charge on any atom is -0.282 e. The quantitative estimate of drug-likeness (QED) is 0.540. The van der Waals surface area contributed by atoms with Gasteiger partial charge in [-0.15, -0.1) is 17.9 Å². The van der Waals surface area contributed by atoms with Gasteiger partial charge in [0.25, 0.3) is 5.91 Å². The summed E-state index contributed by atoms with van der Waals surface area (Å²) in [4.78, 5) is 23.2. The van der Waals surface area contributed by atoms with Gasteiger partial charge in [0.1, 0.15) is 5.82 Å². The molecule has 25 heavy (non-hydrogen) atoms. The van der Waals surface area contributed by atoms with E-state index in [4.69, 9.17) is 11.6 Å². The van der Waals surface area contributed by atoms with Crippen molar-refractivity contribution in [2.45, 2.75) is 6.92 Å². The molecule has 0 radical (unpaired) electrons. The Balaban J connectivity index is 2.00. The summed E-state index contributed by atoms with van der Waals surface area (Å²) >= 11 is 8.60. The number of amidine groups is 1. The Morgan fingerprint density at radius 2 is 2.28 bits per heavy atom. The summed E-state index contributed by atoms with van der Waals surface area (Å²) in [5, 5.41) is 3.18. The molecule has 1 aromatic carbocycles. The molecule has 1 amide bonds. The van der Waals surface area contributed by atoms with Gasteiger partial charge in [-0.05, 0) is 36.9 Å². The lowest BCUT2D eigenvalue weighted by atomic mass is 10.2. The van der Waals surface area contributed by atoms with Crippen LogP contribution in [-0.4, -0.2) is 27.5 Å². The van der Waals surface area contributed by atoms with E-state index in [1.807, 2.05) is 12.3 Å². The van der Waals surface area contributed by atoms with Crippen LogP contribution in [0, 0.1) is 12.7 Å². The summed E-state index contributed by atoms with van der Waals surface area (Å²) in [5.74, 6) is -0.749. The molecular weight excluding hydrogens is 381 g/mol. The number of aromatic nitrogens is 1. The Bertz CT molecular complexity index is 887. The number of benzene rings is 1. The first-order valence-corrected chi connectivity index (χ1v) is 9.34. The third kappa shape index (κ3) is 3.84. The summed E-state index contributed by atoms with van der Waals surface area (Å²) < 4.78 is 14.0. The van der Waals surface area contributed by atoms with E-state index in [9.17, 15) is 9.18 Å². The van der Waals surface area contributed by atoms with Crippen molar-refractivity contribution in [3.63, 3.8) is 0 Å². The highest BCUT2D eigenvalue weighted by atomic mass is 35.5. The molecule has 0 N–H and O–H groups in total. The van der Waals surface area contributed by atoms with Gasteiger partial charge in [-0.1, -0.05) is 23.7 Å². The number of thiazole rings is 1. The lowest BCUT2D eigenvalue weighted by molar-refractivity contribution is -0.121. The second-order valence-corrected chi connectivity index (χ2v) is 7.37. The summed E-state index contributed by atoms with van der Waals surface area (Å²) in [6.45, 7) is 5.85. The van der Waals surface area contributed by atoms with Gasteiger partial charge in [0.2, 0.25) is 5.13 Å². The Hall–Kier alpha value is -1.96. The third-order valence-electron chi connectivity index (χ3n) is 3.27. The van der Waals surface area contributed by atoms with E-state index < -0.39 is 5.82 Å². The second-order valence-electron chi connectivity index (χ2n) is 5.12. The molecule has 4 nitrogen and oxygen atoms in total. The molecule has 8 heteroatoms. The molecule has 0 bridgehead atoms. The van der Waals surface area contributed by atoms with Gasteiger partial charge >= 0.3 is 0 Å². The smallest absolute Gasteiger partial charge is 0.267 e. The molecule has 0 unspecified atom stereocenters. The SMILES string of the molecule is C=CCN1C(=O)/C(=C/c2c(F)cccc2Cl)S/C1=N/c1nc(C)cs1. The summed E-state index contributed by atoms with van der Waals surface area (Å²) in [5.41, 5.74) is 1.05. The molecule has 128 valence electrons. The largest absolute Gasteiger partial charge is 0.282 e. The maximum atomic E-state index is 14.0. The zero-order chi connectivity index (χ0) is 18.0. The van der Waals surface area contributed by atoms with Crippen LogP contribution in [0.1, 0.15) is 11.3 Å². The molecule has 1 aliphatic rings. The lowest BCUT2D eigenvalue weighted by Gasteiger charge is -2.11. The fraction of sp³-hybridized carbons (Fsp3) is 0.118. The number of rotatable bonds is 4. The van der Waals surface area contributed by atoms with E-state index in [-0.39, 0.29) is 16.5 Å². The van der Waals surface area contributed by atoms with Crippen LogP contribution >= 0.6 is 34.7 Å². The predicted octanol–water partition coefficient (Wildman–Crippen LogP) is 5.03. The van der Waals surface area contributed by atoms with Crippen LogP contribution in [-0.2, 0) is 4.79 Å². The third-order valence-corrected chi connectivity index (χ3v) is 5.46. The van der Waals surface area contributed by atoms with Crippen molar-refractivity contribution >= 4 is 57.0 Å². The summed E-state index contributed by atoms with van der Waals surface area (Å²) in [6.07, 6.45) is 3.07. The average molecular weight is 394 g/mol. The van der Waals surface area contributed by atoms with Crippen LogP contribution in [0.2, 0.25) is 5.02 Å². The normalized spacial score (nSPS) is 17.7. The highest BCUT2D eigenvalue weighted by Crippen LogP contribution is 2.36. The van der Waals surface area contributed by atoms with E-state index in [0.29, 0.717) is 21.7 Å². The molecule has 3 rings (SSSR count). The average Bonchev–Trinajstić information content (AvgIpc) is 3.10. The van der Waals surface area contributed by atoms with Crippen molar-refractivity contribution in [2.24, 2.45) is 4.99 Å². The Morgan fingerprint density at radius 3 is 2.92 bits per heavy atom. The predicted molar refractivity (Wildman–Crippen MR) is 103 cm³/mol. The number of aliphatic imine (C=N–C) groups is 1. The molecule has 1 aromatic heterocycles. The van der Waals surface area contributed by atoms with Gasteiger partial charge in [-0.25, -0.2) is 9.37 Å². The Kier molecular flexibility index (Phi) is 5.36. The zero-order valence-electron chi connectivity index (χ0n) is 13.2. The Morgan fingerprint density at radius 1 is 1.48 bits per heavy atom. The summed E-state index contributed by atoms with van der Waals surface area (Å²) in [6, 6.07) is 4.40. The molecule has 0 atom stereocenters. The molecule has 2 aromatic rings. The maximum Gasteiger partial charge on any atom is 0.267 e. The standard InChI is InChI=1S/C17H13ClFN3OS2/c1-3-7-22-15(23)14(8-11-12(18)5-4-6-13(11)19)25-17(22)21-16-20-10(2)9-24-16/h3-6,8-9H,1,7H2,2H3/b14-8-,21-17+. The lowest BCUT2D eigenvalue weighted by Crippen LogP contribution is -2.29. The van der Waals surface area contributed by atoms with Crippen molar-refractivity contribution in [3.8, 4) is 0 Å². The van der Waals surface area contributed by atoms with Gasteiger partial charge in [0, 0.05) is 17.5 Å². The first-order valence-electron chi connectivity index (χ1n) is 7.26. The van der Waals surface area contributed by atoms with Crippen molar-refractivity contribution in [3.05, 3.63) is 63.2 Å². The molecule has 2 heterocycles. The number of thioether (sulfide) groups is 1. The van der Waals surface area contributed by atoms with E-state index >= 15 is 0 Å². The van der Waals surface area contributed by atoms with E-state index in [1.165, 1.54) is 34.4 Å². The number of hydrogen-bond donors (Lipinski definition) is 0. The van der Waals surface area contributed by atoms with Gasteiger partial charge in [-0.2, -0.15) is 4.99 Å². The number of halogens is 2. The van der Waals surface area contributed by atoms with E-state index in [1.54, 1.807) is 12.1 Å². The number of carbonyl (C=O) groups is 1. The van der Waals surface area contributed by atoms with E-state index in [0.717, 1.165) is 17.5 Å². The van der Waals surface area contributed by atoms with Crippen LogP contribution < -0.4 is 0 Å². The second kappa shape index (κ2) is 7.51. The zero-order valence-corrected chi connectivity index (χ0v) is 15.6. The highest BCUT2D eigenvalue weighted by Gasteiger charge is 2.33. The molecule has 1 aliphatic heterocycles. The summed E-state index contributed by atoms with van der Waals surface area (Å²) in [7, 11) is 0. The minimum absolute atomic E-state index is 0.185. The van der Waals surface area contributed by atoms with Crippen molar-refractivity contribution in [1.29, 1.82) is 0 Å².